The van der Waals surface area contributed by atoms with Gasteiger partial charge < -0.3 is 10.4 Å². The van der Waals surface area contributed by atoms with Crippen molar-refractivity contribution < 1.29 is 27.9 Å². The van der Waals surface area contributed by atoms with Gasteiger partial charge in [0.15, 0.2) is 0 Å². The molecule has 11 heteroatoms. The number of carbonyl (C=O) groups is 2. The summed E-state index contributed by atoms with van der Waals surface area (Å²) in [7, 11) is 0. The Morgan fingerprint density at radius 2 is 1.96 bits per heavy atom. The van der Waals surface area contributed by atoms with Crippen molar-refractivity contribution in [2.24, 2.45) is 5.92 Å². The lowest BCUT2D eigenvalue weighted by Crippen LogP contribution is -2.40. The predicted octanol–water partition coefficient (Wildman–Crippen LogP) is 2.06. The molecule has 2 N–H and O–H groups in total. The van der Waals surface area contributed by atoms with Gasteiger partial charge in [-0.05, 0) is 38.7 Å². The maximum absolute atomic E-state index is 12.8. The molecule has 0 unspecified atom stereocenters. The highest BCUT2D eigenvalue weighted by molar-refractivity contribution is 5.78. The standard InChI is InChI=1S/C17H20F3N5O3/c1-8-10(6-7-13(26)22-12-5-3-4-11(12)14(27)28)9(2)25-16(21-8)23-15(24-25)17(18,19)20/h11-12H,3-7H2,1-2H3,(H,22,26)(H,27,28)/t11-,12+/m0/s1. The van der Waals surface area contributed by atoms with Crippen LogP contribution in [-0.2, 0) is 22.2 Å². The van der Waals surface area contributed by atoms with Crippen molar-refractivity contribution in [2.75, 3.05) is 0 Å². The van der Waals surface area contributed by atoms with E-state index < -0.39 is 29.9 Å². The Kier molecular flexibility index (Phi) is 5.26. The van der Waals surface area contributed by atoms with Gasteiger partial charge in [-0.1, -0.05) is 6.42 Å². The summed E-state index contributed by atoms with van der Waals surface area (Å²) in [5.41, 5.74) is 1.52. The predicted molar refractivity (Wildman–Crippen MR) is 90.5 cm³/mol. The zero-order valence-corrected chi connectivity index (χ0v) is 15.4. The van der Waals surface area contributed by atoms with E-state index in [0.717, 1.165) is 10.9 Å². The molecule has 2 aromatic rings. The number of aliphatic carboxylic acids is 1. The molecule has 2 aromatic heterocycles. The molecular weight excluding hydrogens is 379 g/mol. The zero-order valence-electron chi connectivity index (χ0n) is 15.4. The lowest BCUT2D eigenvalue weighted by Gasteiger charge is -2.18. The highest BCUT2D eigenvalue weighted by Crippen LogP contribution is 2.28. The van der Waals surface area contributed by atoms with Crippen molar-refractivity contribution in [3.8, 4) is 0 Å². The molecule has 1 aliphatic carbocycles. The average molecular weight is 399 g/mol. The van der Waals surface area contributed by atoms with Crippen molar-refractivity contribution in [3.05, 3.63) is 22.8 Å². The van der Waals surface area contributed by atoms with Gasteiger partial charge >= 0.3 is 12.1 Å². The molecule has 8 nitrogen and oxygen atoms in total. The summed E-state index contributed by atoms with van der Waals surface area (Å²) in [6, 6.07) is -0.391. The van der Waals surface area contributed by atoms with Crippen molar-refractivity contribution in [3.63, 3.8) is 0 Å². The molecule has 1 aliphatic rings. The summed E-state index contributed by atoms with van der Waals surface area (Å²) >= 11 is 0. The van der Waals surface area contributed by atoms with Crippen LogP contribution >= 0.6 is 0 Å². The number of carboxylic acids is 1. The Hall–Kier alpha value is -2.72. The van der Waals surface area contributed by atoms with E-state index in [9.17, 15) is 27.9 Å². The lowest BCUT2D eigenvalue weighted by molar-refractivity contribution is -0.145. The summed E-state index contributed by atoms with van der Waals surface area (Å²) in [5, 5.41) is 15.4. The first-order chi connectivity index (χ1) is 13.1. The van der Waals surface area contributed by atoms with Crippen molar-refractivity contribution >= 4 is 17.7 Å². The largest absolute Gasteiger partial charge is 0.481 e. The van der Waals surface area contributed by atoms with E-state index >= 15 is 0 Å². The fraction of sp³-hybridized carbons (Fsp3) is 0.588. The van der Waals surface area contributed by atoms with E-state index in [1.807, 2.05) is 0 Å². The second-order valence-corrected chi connectivity index (χ2v) is 6.96. The monoisotopic (exact) mass is 399 g/mol. The van der Waals surface area contributed by atoms with Crippen molar-refractivity contribution in [1.29, 1.82) is 0 Å². The first kappa shape index (κ1) is 20.0. The molecule has 1 fully saturated rings. The number of hydrogen-bond donors (Lipinski definition) is 2. The molecule has 0 saturated heterocycles. The summed E-state index contributed by atoms with van der Waals surface area (Å²) in [6.45, 7) is 3.24. The number of nitrogens with one attached hydrogen (secondary N) is 1. The van der Waals surface area contributed by atoms with Crippen LogP contribution in [-0.4, -0.2) is 42.6 Å². The fourth-order valence-electron chi connectivity index (χ4n) is 3.64. The van der Waals surface area contributed by atoms with Crippen molar-refractivity contribution in [2.45, 2.75) is 58.2 Å². The molecule has 1 saturated carbocycles. The first-order valence-electron chi connectivity index (χ1n) is 8.90. The summed E-state index contributed by atoms with van der Waals surface area (Å²) in [4.78, 5) is 30.9. The minimum absolute atomic E-state index is 0.0680. The number of amides is 1. The number of carboxylic acid groups (broad SMARTS) is 1. The summed E-state index contributed by atoms with van der Waals surface area (Å²) < 4.78 is 39.5. The number of aryl methyl sites for hydroxylation is 2. The van der Waals surface area contributed by atoms with Gasteiger partial charge in [0.2, 0.25) is 5.91 Å². The average Bonchev–Trinajstić information content (AvgIpc) is 3.21. The fourth-order valence-corrected chi connectivity index (χ4v) is 3.64. The zero-order chi connectivity index (χ0) is 20.6. The molecule has 28 heavy (non-hydrogen) atoms. The minimum Gasteiger partial charge on any atom is -0.481 e. The first-order valence-corrected chi connectivity index (χ1v) is 8.90. The molecule has 0 radical (unpaired) electrons. The Labute approximate surface area is 158 Å². The topological polar surface area (TPSA) is 109 Å². The van der Waals surface area contributed by atoms with Crippen LogP contribution in [0.25, 0.3) is 5.78 Å². The Balaban J connectivity index is 1.73. The number of fused-ring (bicyclic) bond motifs is 1. The van der Waals surface area contributed by atoms with Gasteiger partial charge in [-0.25, -0.2) is 9.50 Å². The maximum Gasteiger partial charge on any atom is 0.453 e. The van der Waals surface area contributed by atoms with E-state index in [2.05, 4.69) is 20.4 Å². The van der Waals surface area contributed by atoms with Gasteiger partial charge in [0, 0.05) is 23.9 Å². The van der Waals surface area contributed by atoms with E-state index in [0.29, 0.717) is 29.8 Å². The van der Waals surface area contributed by atoms with Crippen LogP contribution in [0.2, 0.25) is 0 Å². The number of halogens is 3. The third-order valence-corrected chi connectivity index (χ3v) is 5.08. The minimum atomic E-state index is -4.67. The van der Waals surface area contributed by atoms with Gasteiger partial charge in [-0.2, -0.15) is 18.2 Å². The number of hydrogen-bond acceptors (Lipinski definition) is 5. The number of rotatable bonds is 5. The molecule has 0 aliphatic heterocycles. The van der Waals surface area contributed by atoms with E-state index in [-0.39, 0.29) is 24.5 Å². The van der Waals surface area contributed by atoms with Crippen LogP contribution in [0.15, 0.2) is 0 Å². The van der Waals surface area contributed by atoms with Gasteiger partial charge in [0.1, 0.15) is 0 Å². The molecule has 3 rings (SSSR count). The molecule has 0 bridgehead atoms. The Bertz CT molecular complexity index is 925. The van der Waals surface area contributed by atoms with E-state index in [4.69, 9.17) is 0 Å². The third-order valence-electron chi connectivity index (χ3n) is 5.08. The van der Waals surface area contributed by atoms with E-state index in [1.165, 1.54) is 0 Å². The summed E-state index contributed by atoms with van der Waals surface area (Å²) in [6.07, 6.45) is -2.46. The molecule has 2 heterocycles. The molecule has 1 amide bonds. The Morgan fingerprint density at radius 3 is 2.61 bits per heavy atom. The van der Waals surface area contributed by atoms with Crippen LogP contribution in [0, 0.1) is 19.8 Å². The number of aromatic nitrogens is 4. The molecular formula is C17H20F3N5O3. The van der Waals surface area contributed by atoms with Crippen LogP contribution in [0.5, 0.6) is 0 Å². The smallest absolute Gasteiger partial charge is 0.453 e. The lowest BCUT2D eigenvalue weighted by atomic mass is 10.0. The summed E-state index contributed by atoms with van der Waals surface area (Å²) in [5.74, 6) is -3.21. The van der Waals surface area contributed by atoms with Crippen LogP contribution in [0.3, 0.4) is 0 Å². The van der Waals surface area contributed by atoms with Crippen LogP contribution in [0.4, 0.5) is 13.2 Å². The number of alkyl halides is 3. The second-order valence-electron chi connectivity index (χ2n) is 6.96. The highest BCUT2D eigenvalue weighted by Gasteiger charge is 2.37. The molecule has 2 atom stereocenters. The number of nitrogens with zero attached hydrogens (tertiary/aromatic N) is 4. The SMILES string of the molecule is Cc1nc2nc(C(F)(F)F)nn2c(C)c1CCC(=O)N[C@@H]1CCC[C@@H]1C(=O)O. The maximum atomic E-state index is 12.8. The van der Waals surface area contributed by atoms with Crippen LogP contribution < -0.4 is 5.32 Å². The third kappa shape index (κ3) is 3.92. The normalized spacial score (nSPS) is 19.9. The van der Waals surface area contributed by atoms with Gasteiger partial charge in [-0.3, -0.25) is 9.59 Å². The van der Waals surface area contributed by atoms with Crippen molar-refractivity contribution in [1.82, 2.24) is 24.9 Å². The molecule has 0 aromatic carbocycles. The molecule has 0 spiro atoms. The Morgan fingerprint density at radius 1 is 1.25 bits per heavy atom. The van der Waals surface area contributed by atoms with Gasteiger partial charge in [-0.15, -0.1) is 5.10 Å². The van der Waals surface area contributed by atoms with Gasteiger partial charge in [0.05, 0.1) is 5.92 Å². The second kappa shape index (κ2) is 7.36. The highest BCUT2D eigenvalue weighted by atomic mass is 19.4. The molecule has 152 valence electrons. The van der Waals surface area contributed by atoms with Crippen LogP contribution in [0.1, 0.15) is 48.5 Å². The number of carbonyl (C=O) groups excluding carboxylic acids is 1. The van der Waals surface area contributed by atoms with E-state index in [1.54, 1.807) is 13.8 Å². The van der Waals surface area contributed by atoms with Gasteiger partial charge in [0.25, 0.3) is 11.6 Å². The quantitative estimate of drug-likeness (QED) is 0.797.